The summed E-state index contributed by atoms with van der Waals surface area (Å²) >= 11 is 0. The summed E-state index contributed by atoms with van der Waals surface area (Å²) in [4.78, 5) is 7.49. The molecule has 3 rings (SSSR count). The molecule has 0 saturated heterocycles. The molecule has 0 fully saturated rings. The van der Waals surface area contributed by atoms with Crippen molar-refractivity contribution < 1.29 is 36.2 Å². The van der Waals surface area contributed by atoms with Crippen LogP contribution in [0.5, 0.6) is 5.75 Å². The maximum absolute atomic E-state index is 15.2. The number of pyridine rings is 2. The molecule has 5 nitrogen and oxygen atoms in total. The van der Waals surface area contributed by atoms with E-state index in [0.29, 0.717) is 19.4 Å². The zero-order valence-corrected chi connectivity index (χ0v) is 23.5. The van der Waals surface area contributed by atoms with Gasteiger partial charge in [-0.25, -0.2) is 14.4 Å². The van der Waals surface area contributed by atoms with E-state index in [1.807, 2.05) is 6.92 Å². The lowest BCUT2D eigenvalue weighted by Gasteiger charge is -2.33. The SMILES string of the molecule is CCCCCCC(F)COC1CCc2cc(-c3ccc(OCCCCOCCCC)c(F)n3)nc(F)c2C1(F)F. The van der Waals surface area contributed by atoms with E-state index in [1.54, 1.807) is 0 Å². The Morgan fingerprint density at radius 1 is 0.900 bits per heavy atom. The van der Waals surface area contributed by atoms with Gasteiger partial charge >= 0.3 is 5.92 Å². The number of hydrogen-bond acceptors (Lipinski definition) is 5. The lowest BCUT2D eigenvalue weighted by molar-refractivity contribution is -0.160. The molecule has 1 aliphatic carbocycles. The van der Waals surface area contributed by atoms with Crippen LogP contribution in [0.1, 0.15) is 89.2 Å². The van der Waals surface area contributed by atoms with Crippen molar-refractivity contribution in [2.24, 2.45) is 0 Å². The lowest BCUT2D eigenvalue weighted by atomic mass is 9.86. The van der Waals surface area contributed by atoms with Crippen molar-refractivity contribution in [3.63, 3.8) is 0 Å². The highest BCUT2D eigenvalue weighted by molar-refractivity contribution is 5.57. The van der Waals surface area contributed by atoms with Gasteiger partial charge in [0.25, 0.3) is 5.95 Å². The van der Waals surface area contributed by atoms with Crippen LogP contribution in [0.4, 0.5) is 22.0 Å². The van der Waals surface area contributed by atoms with Crippen molar-refractivity contribution in [1.29, 1.82) is 0 Å². The molecule has 2 atom stereocenters. The summed E-state index contributed by atoms with van der Waals surface area (Å²) in [6.45, 7) is 5.29. The number of aryl methyl sites for hydroxylation is 1. The number of aromatic nitrogens is 2. The summed E-state index contributed by atoms with van der Waals surface area (Å²) in [6, 6.07) is 4.08. The Labute approximate surface area is 233 Å². The number of ether oxygens (including phenoxy) is 3. The maximum atomic E-state index is 15.2. The normalized spacial score (nSPS) is 17.0. The number of rotatable bonds is 18. The molecule has 224 valence electrons. The van der Waals surface area contributed by atoms with Crippen LogP contribution in [-0.4, -0.2) is 48.7 Å². The van der Waals surface area contributed by atoms with Crippen LogP contribution in [-0.2, 0) is 21.8 Å². The summed E-state index contributed by atoms with van der Waals surface area (Å²) in [5, 5.41) is 0. The van der Waals surface area contributed by atoms with E-state index in [4.69, 9.17) is 14.2 Å². The second-order valence-corrected chi connectivity index (χ2v) is 10.3. The first kappa shape index (κ1) is 32.2. The minimum Gasteiger partial charge on any atom is -0.489 e. The van der Waals surface area contributed by atoms with Gasteiger partial charge in [0.2, 0.25) is 5.95 Å². The van der Waals surface area contributed by atoms with Gasteiger partial charge in [-0.05, 0) is 62.3 Å². The molecule has 40 heavy (non-hydrogen) atoms. The molecule has 0 saturated carbocycles. The second-order valence-electron chi connectivity index (χ2n) is 10.3. The van der Waals surface area contributed by atoms with Crippen LogP contribution < -0.4 is 4.74 Å². The molecule has 0 N–H and O–H groups in total. The minimum atomic E-state index is -3.68. The first-order valence-corrected chi connectivity index (χ1v) is 14.5. The molecule has 2 aromatic heterocycles. The summed E-state index contributed by atoms with van der Waals surface area (Å²) in [5.41, 5.74) is -0.865. The van der Waals surface area contributed by atoms with Gasteiger partial charge in [-0.1, -0.05) is 46.0 Å². The fourth-order valence-electron chi connectivity index (χ4n) is 4.67. The molecular formula is C30H41F5N2O3. The van der Waals surface area contributed by atoms with Crippen molar-refractivity contribution in [2.45, 2.75) is 103 Å². The average molecular weight is 573 g/mol. The maximum Gasteiger partial charge on any atom is 0.303 e. The minimum absolute atomic E-state index is 0.000841. The summed E-state index contributed by atoms with van der Waals surface area (Å²) in [6.07, 6.45) is 4.32. The molecule has 0 aliphatic heterocycles. The number of nitrogens with zero attached hydrogens (tertiary/aromatic N) is 2. The van der Waals surface area contributed by atoms with Crippen LogP contribution in [0.15, 0.2) is 18.2 Å². The van der Waals surface area contributed by atoms with E-state index in [2.05, 4.69) is 16.9 Å². The second kappa shape index (κ2) is 16.2. The Hall–Kier alpha value is -2.33. The van der Waals surface area contributed by atoms with E-state index >= 15 is 8.78 Å². The van der Waals surface area contributed by atoms with Crippen molar-refractivity contribution in [3.05, 3.63) is 41.2 Å². The zero-order chi connectivity index (χ0) is 29.0. The average Bonchev–Trinajstić information content (AvgIpc) is 2.92. The van der Waals surface area contributed by atoms with Crippen LogP contribution in [0.25, 0.3) is 11.4 Å². The van der Waals surface area contributed by atoms with Crippen molar-refractivity contribution in [1.82, 2.24) is 9.97 Å². The topological polar surface area (TPSA) is 53.5 Å². The van der Waals surface area contributed by atoms with Gasteiger partial charge in [-0.2, -0.15) is 17.6 Å². The standard InChI is InChI=1S/C30H41F5N2O3/c1-3-5-7-8-11-22(31)20-40-26-15-12-21-19-24(37-29(33)27(21)30(26,34)35)23-13-14-25(28(32)36-23)39-18-10-9-17-38-16-6-4-2/h13-14,19,22,26H,3-12,15-18,20H2,1-2H3. The molecule has 0 bridgehead atoms. The molecule has 0 spiro atoms. The lowest BCUT2D eigenvalue weighted by Crippen LogP contribution is -2.40. The first-order valence-electron chi connectivity index (χ1n) is 14.5. The molecule has 0 radical (unpaired) electrons. The largest absolute Gasteiger partial charge is 0.489 e. The Balaban J connectivity index is 1.58. The van der Waals surface area contributed by atoms with E-state index in [-0.39, 0.29) is 48.6 Å². The predicted molar refractivity (Wildman–Crippen MR) is 143 cm³/mol. The molecule has 2 unspecified atom stereocenters. The molecule has 0 aromatic carbocycles. The number of halogens is 5. The van der Waals surface area contributed by atoms with Crippen LogP contribution in [0, 0.1) is 11.9 Å². The Kier molecular flexibility index (Phi) is 13.0. The van der Waals surface area contributed by atoms with Crippen LogP contribution >= 0.6 is 0 Å². The third-order valence-corrected chi connectivity index (χ3v) is 6.98. The Bertz CT molecular complexity index is 1060. The highest BCUT2D eigenvalue weighted by atomic mass is 19.3. The van der Waals surface area contributed by atoms with Gasteiger partial charge in [-0.15, -0.1) is 0 Å². The van der Waals surface area contributed by atoms with E-state index in [9.17, 15) is 13.2 Å². The van der Waals surface area contributed by atoms with Gasteiger partial charge in [-0.3, -0.25) is 0 Å². The van der Waals surface area contributed by atoms with E-state index in [0.717, 1.165) is 45.1 Å². The molecule has 10 heteroatoms. The fourth-order valence-corrected chi connectivity index (χ4v) is 4.67. The molecule has 1 aliphatic rings. The molecule has 2 aromatic rings. The Morgan fingerprint density at radius 2 is 1.62 bits per heavy atom. The molecule has 2 heterocycles. The van der Waals surface area contributed by atoms with Gasteiger partial charge in [0.15, 0.2) is 5.75 Å². The van der Waals surface area contributed by atoms with Gasteiger partial charge < -0.3 is 14.2 Å². The van der Waals surface area contributed by atoms with Crippen LogP contribution in [0.3, 0.4) is 0 Å². The zero-order valence-electron chi connectivity index (χ0n) is 23.5. The quantitative estimate of drug-likeness (QED) is 0.103. The number of fused-ring (bicyclic) bond motifs is 1. The number of alkyl halides is 3. The smallest absolute Gasteiger partial charge is 0.303 e. The van der Waals surface area contributed by atoms with E-state index in [1.165, 1.54) is 18.2 Å². The van der Waals surface area contributed by atoms with Gasteiger partial charge in [0, 0.05) is 13.2 Å². The third kappa shape index (κ3) is 9.09. The van der Waals surface area contributed by atoms with Gasteiger partial charge in [0.1, 0.15) is 12.3 Å². The highest BCUT2D eigenvalue weighted by Gasteiger charge is 2.49. The molecule has 0 amide bonds. The first-order chi connectivity index (χ1) is 19.3. The van der Waals surface area contributed by atoms with Crippen molar-refractivity contribution >= 4 is 0 Å². The van der Waals surface area contributed by atoms with Gasteiger partial charge in [0.05, 0.1) is 30.2 Å². The fraction of sp³-hybridized carbons (Fsp3) is 0.667. The predicted octanol–water partition coefficient (Wildman–Crippen LogP) is 8.13. The third-order valence-electron chi connectivity index (χ3n) is 6.98. The number of hydrogen-bond donors (Lipinski definition) is 0. The monoisotopic (exact) mass is 572 g/mol. The van der Waals surface area contributed by atoms with E-state index < -0.39 is 42.3 Å². The van der Waals surface area contributed by atoms with Crippen molar-refractivity contribution in [2.75, 3.05) is 26.4 Å². The molecular weight excluding hydrogens is 531 g/mol. The summed E-state index contributed by atoms with van der Waals surface area (Å²) in [5.74, 6) is -6.00. The summed E-state index contributed by atoms with van der Waals surface area (Å²) < 4.78 is 90.3. The summed E-state index contributed by atoms with van der Waals surface area (Å²) in [7, 11) is 0. The van der Waals surface area contributed by atoms with Crippen molar-refractivity contribution in [3.8, 4) is 17.1 Å². The Morgan fingerprint density at radius 3 is 2.38 bits per heavy atom. The van der Waals surface area contributed by atoms with Crippen LogP contribution in [0.2, 0.25) is 0 Å². The number of unbranched alkanes of at least 4 members (excludes halogenated alkanes) is 5. The highest BCUT2D eigenvalue weighted by Crippen LogP contribution is 2.44.